The maximum absolute atomic E-state index is 12.1. The zero-order valence-electron chi connectivity index (χ0n) is 11.1. The van der Waals surface area contributed by atoms with Crippen LogP contribution < -0.4 is 5.46 Å². The summed E-state index contributed by atoms with van der Waals surface area (Å²) < 4.78 is 6.08. The molecule has 1 aliphatic heterocycles. The van der Waals surface area contributed by atoms with Crippen molar-refractivity contribution in [2.45, 2.75) is 6.61 Å². The molecule has 2 aromatic rings. The van der Waals surface area contributed by atoms with Crippen molar-refractivity contribution in [1.82, 2.24) is 0 Å². The number of ketones is 1. The Morgan fingerprint density at radius 1 is 1.24 bits per heavy atom. The molecule has 3 nitrogen and oxygen atoms in total. The van der Waals surface area contributed by atoms with Gasteiger partial charge in [-0.3, -0.25) is 4.79 Å². The summed E-state index contributed by atoms with van der Waals surface area (Å²) in [7, 11) is -0.865. The van der Waals surface area contributed by atoms with E-state index in [0.29, 0.717) is 12.2 Å². The zero-order valence-corrected chi connectivity index (χ0v) is 12.7. The second-order valence-corrected chi connectivity index (χ2v) is 5.74. The normalized spacial score (nSPS) is 13.7. The number of halogens is 1. The van der Waals surface area contributed by atoms with Crippen LogP contribution in [0.5, 0.6) is 0 Å². The molecule has 0 saturated carbocycles. The summed E-state index contributed by atoms with van der Waals surface area (Å²) in [6.45, 7) is 0.429. The lowest BCUT2D eigenvalue weighted by Crippen LogP contribution is -2.28. The lowest BCUT2D eigenvalue weighted by atomic mass is 9.79. The minimum absolute atomic E-state index is 0.0557. The lowest BCUT2D eigenvalue weighted by molar-refractivity contribution is 0.104. The summed E-state index contributed by atoms with van der Waals surface area (Å²) in [5.74, 6) is -0.0557. The first kappa shape index (κ1) is 14.3. The van der Waals surface area contributed by atoms with Gasteiger partial charge in [-0.15, -0.1) is 0 Å². The van der Waals surface area contributed by atoms with Gasteiger partial charge in [-0.05, 0) is 46.9 Å². The van der Waals surface area contributed by atoms with Gasteiger partial charge in [-0.2, -0.15) is 0 Å². The molecule has 0 bridgehead atoms. The van der Waals surface area contributed by atoms with Crippen molar-refractivity contribution < 1.29 is 14.5 Å². The van der Waals surface area contributed by atoms with Crippen molar-refractivity contribution in [2.75, 3.05) is 0 Å². The van der Waals surface area contributed by atoms with E-state index in [1.165, 1.54) is 6.08 Å². The van der Waals surface area contributed by atoms with E-state index < -0.39 is 7.12 Å². The average Bonchev–Trinajstić information content (AvgIpc) is 2.87. The summed E-state index contributed by atoms with van der Waals surface area (Å²) in [5, 5.41) is 9.67. The van der Waals surface area contributed by atoms with E-state index in [-0.39, 0.29) is 5.78 Å². The first-order valence-electron chi connectivity index (χ1n) is 6.54. The molecule has 0 aromatic heterocycles. The molecule has 0 radical (unpaired) electrons. The van der Waals surface area contributed by atoms with Crippen LogP contribution >= 0.6 is 15.9 Å². The average molecular weight is 343 g/mol. The predicted molar refractivity (Wildman–Crippen MR) is 86.3 cm³/mol. The van der Waals surface area contributed by atoms with Gasteiger partial charge in [-0.1, -0.05) is 40.2 Å². The SMILES string of the molecule is O=C(/C=C/c1ccc2c(c1)B(O)OC2)c1ccc(Br)cc1. The highest BCUT2D eigenvalue weighted by Gasteiger charge is 2.26. The first-order chi connectivity index (χ1) is 10.1. The molecule has 0 spiro atoms. The van der Waals surface area contributed by atoms with Gasteiger partial charge in [0.2, 0.25) is 0 Å². The summed E-state index contributed by atoms with van der Waals surface area (Å²) in [5.41, 5.74) is 3.26. The highest BCUT2D eigenvalue weighted by molar-refractivity contribution is 9.10. The van der Waals surface area contributed by atoms with Gasteiger partial charge in [0.25, 0.3) is 0 Å². The molecule has 0 amide bonds. The topological polar surface area (TPSA) is 46.5 Å². The summed E-state index contributed by atoms with van der Waals surface area (Å²) in [6, 6.07) is 12.9. The Balaban J connectivity index is 1.78. The molecular weight excluding hydrogens is 331 g/mol. The smallest absolute Gasteiger partial charge is 0.423 e. The van der Waals surface area contributed by atoms with Crippen LogP contribution in [0.3, 0.4) is 0 Å². The van der Waals surface area contributed by atoms with E-state index in [1.807, 2.05) is 30.3 Å². The molecule has 2 aromatic carbocycles. The first-order valence-corrected chi connectivity index (χ1v) is 7.33. The minimum Gasteiger partial charge on any atom is -0.423 e. The zero-order chi connectivity index (χ0) is 14.8. The Kier molecular flexibility index (Phi) is 4.06. The van der Waals surface area contributed by atoms with Crippen molar-refractivity contribution in [3.63, 3.8) is 0 Å². The van der Waals surface area contributed by atoms with Crippen LogP contribution in [0.25, 0.3) is 6.08 Å². The van der Waals surface area contributed by atoms with Crippen molar-refractivity contribution in [3.8, 4) is 0 Å². The fraction of sp³-hybridized carbons (Fsp3) is 0.0625. The van der Waals surface area contributed by atoms with Crippen LogP contribution in [0, 0.1) is 0 Å². The fourth-order valence-electron chi connectivity index (χ4n) is 2.22. The molecule has 0 saturated heterocycles. The van der Waals surface area contributed by atoms with Crippen molar-refractivity contribution in [3.05, 3.63) is 69.7 Å². The molecule has 3 rings (SSSR count). The van der Waals surface area contributed by atoms with Crippen LogP contribution in [-0.4, -0.2) is 17.9 Å². The lowest BCUT2D eigenvalue weighted by Gasteiger charge is -2.00. The van der Waals surface area contributed by atoms with Crippen molar-refractivity contribution in [2.24, 2.45) is 0 Å². The second kappa shape index (κ2) is 5.97. The van der Waals surface area contributed by atoms with Gasteiger partial charge >= 0.3 is 7.12 Å². The van der Waals surface area contributed by atoms with Crippen molar-refractivity contribution >= 4 is 40.4 Å². The maximum atomic E-state index is 12.1. The van der Waals surface area contributed by atoms with Crippen LogP contribution in [0.4, 0.5) is 0 Å². The summed E-state index contributed by atoms with van der Waals surface area (Å²) in [6.07, 6.45) is 3.28. The van der Waals surface area contributed by atoms with Crippen LogP contribution in [-0.2, 0) is 11.3 Å². The van der Waals surface area contributed by atoms with Gasteiger partial charge < -0.3 is 9.68 Å². The third-order valence-corrected chi connectivity index (χ3v) is 3.92. The number of rotatable bonds is 3. The predicted octanol–water partition coefficient (Wildman–Crippen LogP) is 2.56. The largest absolute Gasteiger partial charge is 0.491 e. The number of carbonyl (C=O) groups is 1. The van der Waals surface area contributed by atoms with Crippen LogP contribution in [0.15, 0.2) is 53.0 Å². The molecule has 1 aliphatic rings. The molecule has 0 unspecified atom stereocenters. The van der Waals surface area contributed by atoms with E-state index in [1.54, 1.807) is 18.2 Å². The Hall–Kier alpha value is -1.69. The van der Waals surface area contributed by atoms with Gasteiger partial charge in [0.15, 0.2) is 5.78 Å². The fourth-order valence-corrected chi connectivity index (χ4v) is 2.48. The summed E-state index contributed by atoms with van der Waals surface area (Å²) >= 11 is 3.34. The monoisotopic (exact) mass is 342 g/mol. The van der Waals surface area contributed by atoms with E-state index in [4.69, 9.17) is 4.65 Å². The number of hydrogen-bond donors (Lipinski definition) is 1. The highest BCUT2D eigenvalue weighted by Crippen LogP contribution is 2.14. The van der Waals surface area contributed by atoms with Gasteiger partial charge in [0, 0.05) is 10.0 Å². The van der Waals surface area contributed by atoms with E-state index in [9.17, 15) is 9.82 Å². The third kappa shape index (κ3) is 3.15. The van der Waals surface area contributed by atoms with E-state index >= 15 is 0 Å². The molecule has 21 heavy (non-hydrogen) atoms. The van der Waals surface area contributed by atoms with Gasteiger partial charge in [0.1, 0.15) is 0 Å². The Morgan fingerprint density at radius 3 is 2.76 bits per heavy atom. The standard InChI is InChI=1S/C16H12BBrO3/c18-14-6-4-12(5-7-14)16(19)8-2-11-1-3-13-10-21-17(20)15(13)9-11/h1-9,20H,10H2/b8-2+. The third-order valence-electron chi connectivity index (χ3n) is 3.39. The summed E-state index contributed by atoms with van der Waals surface area (Å²) in [4.78, 5) is 12.1. The van der Waals surface area contributed by atoms with Crippen molar-refractivity contribution in [1.29, 1.82) is 0 Å². The molecule has 1 heterocycles. The number of hydrogen-bond acceptors (Lipinski definition) is 3. The van der Waals surface area contributed by atoms with Gasteiger partial charge in [-0.25, -0.2) is 0 Å². The number of allylic oxidation sites excluding steroid dienone is 1. The molecule has 0 aliphatic carbocycles. The van der Waals surface area contributed by atoms with Crippen LogP contribution in [0.2, 0.25) is 0 Å². The minimum atomic E-state index is -0.865. The van der Waals surface area contributed by atoms with Gasteiger partial charge in [0.05, 0.1) is 6.61 Å². The number of benzene rings is 2. The molecule has 1 N–H and O–H groups in total. The second-order valence-electron chi connectivity index (χ2n) is 4.83. The molecule has 0 fully saturated rings. The quantitative estimate of drug-likeness (QED) is 0.529. The number of fused-ring (bicyclic) bond motifs is 1. The van der Waals surface area contributed by atoms with E-state index in [2.05, 4.69) is 15.9 Å². The Morgan fingerprint density at radius 2 is 2.00 bits per heavy atom. The molecular formula is C16H12BBrO3. The molecule has 5 heteroatoms. The molecule has 104 valence electrons. The Bertz CT molecular complexity index is 710. The number of carbonyl (C=O) groups excluding carboxylic acids is 1. The Labute approximate surface area is 131 Å². The molecule has 0 atom stereocenters. The maximum Gasteiger partial charge on any atom is 0.491 e. The van der Waals surface area contributed by atoms with E-state index in [0.717, 1.165) is 21.1 Å². The van der Waals surface area contributed by atoms with Crippen LogP contribution in [0.1, 0.15) is 21.5 Å². The highest BCUT2D eigenvalue weighted by atomic mass is 79.9.